The molecule has 0 aliphatic rings. The molecule has 1 aromatic carbocycles. The van der Waals surface area contributed by atoms with Gasteiger partial charge in [0.15, 0.2) is 11.5 Å². The van der Waals surface area contributed by atoms with Gasteiger partial charge in [0.1, 0.15) is 6.61 Å². The number of carbonyl (C=O) groups is 1. The predicted octanol–water partition coefficient (Wildman–Crippen LogP) is 1.66. The lowest BCUT2D eigenvalue weighted by Gasteiger charge is -2.05. The number of nitrogens with one attached hydrogen (secondary N) is 1. The number of carbonyl (C=O) groups excluding carboxylic acids is 1. The maximum Gasteiger partial charge on any atom is 0.277 e. The molecule has 0 fully saturated rings. The number of nitrogens with two attached hydrogens (primary N) is 1. The van der Waals surface area contributed by atoms with E-state index >= 15 is 0 Å². The van der Waals surface area contributed by atoms with Crippen LogP contribution < -0.4 is 11.1 Å². The minimum atomic E-state index is -0.376. The third-order valence-corrected chi connectivity index (χ3v) is 2.29. The molecule has 0 aliphatic carbocycles. The summed E-state index contributed by atoms with van der Waals surface area (Å²) in [4.78, 5) is 11.9. The summed E-state index contributed by atoms with van der Waals surface area (Å²) in [6.45, 7) is 0.272. The van der Waals surface area contributed by atoms with Crippen LogP contribution in [0, 0.1) is 0 Å². The van der Waals surface area contributed by atoms with Crippen LogP contribution in [0.1, 0.15) is 16.2 Å². The van der Waals surface area contributed by atoms with E-state index in [9.17, 15) is 4.79 Å². The lowest BCUT2D eigenvalue weighted by molar-refractivity contribution is 0.101. The topological polar surface area (TPSA) is 90.4 Å². The molecule has 0 aliphatic heterocycles. The molecule has 1 amide bonds. The van der Waals surface area contributed by atoms with E-state index in [4.69, 9.17) is 15.0 Å². The third kappa shape index (κ3) is 2.67. The first-order valence-electron chi connectivity index (χ1n) is 5.31. The first-order valence-corrected chi connectivity index (χ1v) is 5.31. The molecule has 0 radical (unpaired) electrons. The lowest BCUT2D eigenvalue weighted by atomic mass is 10.2. The van der Waals surface area contributed by atoms with Gasteiger partial charge in [-0.2, -0.15) is 0 Å². The van der Waals surface area contributed by atoms with Crippen LogP contribution in [0.15, 0.2) is 34.9 Å². The molecule has 0 spiro atoms. The molecule has 18 heavy (non-hydrogen) atoms. The number of nitrogens with zero attached hydrogens (tertiary/aromatic N) is 1. The van der Waals surface area contributed by atoms with Crippen molar-refractivity contribution in [2.45, 2.75) is 6.61 Å². The molecule has 0 unspecified atom stereocenters. The zero-order valence-electron chi connectivity index (χ0n) is 9.84. The van der Waals surface area contributed by atoms with E-state index in [0.29, 0.717) is 17.1 Å². The Morgan fingerprint density at radius 3 is 3.00 bits per heavy atom. The minimum Gasteiger partial charge on any atom is -0.397 e. The molecule has 6 heteroatoms. The Balaban J connectivity index is 2.10. The van der Waals surface area contributed by atoms with Crippen LogP contribution in [0.3, 0.4) is 0 Å². The zero-order valence-corrected chi connectivity index (χ0v) is 9.84. The van der Waals surface area contributed by atoms with Crippen LogP contribution >= 0.6 is 0 Å². The molecule has 0 saturated carbocycles. The van der Waals surface area contributed by atoms with Gasteiger partial charge in [0, 0.05) is 13.2 Å². The third-order valence-electron chi connectivity index (χ3n) is 2.29. The normalized spacial score (nSPS) is 10.3. The van der Waals surface area contributed by atoms with Crippen LogP contribution in [-0.2, 0) is 11.3 Å². The maximum absolute atomic E-state index is 11.9. The van der Waals surface area contributed by atoms with Crippen LogP contribution in [0.4, 0.5) is 11.4 Å². The van der Waals surface area contributed by atoms with Gasteiger partial charge in [0.05, 0.1) is 11.4 Å². The van der Waals surface area contributed by atoms with Crippen LogP contribution in [0.5, 0.6) is 0 Å². The summed E-state index contributed by atoms with van der Waals surface area (Å²) >= 11 is 0. The summed E-state index contributed by atoms with van der Waals surface area (Å²) in [5, 5.41) is 6.31. The molecule has 0 saturated heterocycles. The number of amides is 1. The molecule has 6 nitrogen and oxygen atoms in total. The van der Waals surface area contributed by atoms with Gasteiger partial charge in [-0.15, -0.1) is 0 Å². The van der Waals surface area contributed by atoms with E-state index in [-0.39, 0.29) is 18.2 Å². The Bertz CT molecular complexity index is 551. The summed E-state index contributed by atoms with van der Waals surface area (Å²) < 4.78 is 9.80. The van der Waals surface area contributed by atoms with Crippen molar-refractivity contribution in [1.82, 2.24) is 5.16 Å². The highest BCUT2D eigenvalue weighted by atomic mass is 16.5. The van der Waals surface area contributed by atoms with E-state index in [2.05, 4.69) is 10.5 Å². The molecular weight excluding hydrogens is 234 g/mol. The number of anilines is 2. The van der Waals surface area contributed by atoms with Gasteiger partial charge in [-0.05, 0) is 12.1 Å². The number of aromatic nitrogens is 1. The number of methoxy groups -OCH3 is 1. The van der Waals surface area contributed by atoms with Gasteiger partial charge >= 0.3 is 0 Å². The largest absolute Gasteiger partial charge is 0.397 e. The number of hydrogen-bond acceptors (Lipinski definition) is 5. The molecule has 0 atom stereocenters. The quantitative estimate of drug-likeness (QED) is 0.802. The van der Waals surface area contributed by atoms with E-state index in [1.54, 1.807) is 24.3 Å². The van der Waals surface area contributed by atoms with Crippen LogP contribution in [0.25, 0.3) is 0 Å². The van der Waals surface area contributed by atoms with Crippen molar-refractivity contribution in [2.24, 2.45) is 0 Å². The molecular formula is C12H13N3O3. The second-order valence-corrected chi connectivity index (χ2v) is 3.65. The molecule has 3 N–H and O–H groups in total. The van der Waals surface area contributed by atoms with Crippen molar-refractivity contribution in [3.8, 4) is 0 Å². The Morgan fingerprint density at radius 2 is 2.28 bits per heavy atom. The summed E-state index contributed by atoms with van der Waals surface area (Å²) in [7, 11) is 1.53. The van der Waals surface area contributed by atoms with Gasteiger partial charge < -0.3 is 20.3 Å². The van der Waals surface area contributed by atoms with Crippen LogP contribution in [0.2, 0.25) is 0 Å². The summed E-state index contributed by atoms with van der Waals surface area (Å²) in [5.41, 5.74) is 6.94. The molecule has 1 heterocycles. The van der Waals surface area contributed by atoms with Gasteiger partial charge in [-0.3, -0.25) is 4.79 Å². The number of para-hydroxylation sites is 2. The van der Waals surface area contributed by atoms with Crippen molar-refractivity contribution in [3.05, 3.63) is 41.8 Å². The van der Waals surface area contributed by atoms with Crippen molar-refractivity contribution in [2.75, 3.05) is 18.2 Å². The first-order chi connectivity index (χ1) is 8.70. The van der Waals surface area contributed by atoms with Crippen molar-refractivity contribution >= 4 is 17.3 Å². The molecule has 2 aromatic rings. The second kappa shape index (κ2) is 5.33. The number of ether oxygens (including phenoxy) is 1. The van der Waals surface area contributed by atoms with Gasteiger partial charge in [-0.25, -0.2) is 0 Å². The highest BCUT2D eigenvalue weighted by molar-refractivity contribution is 6.04. The Hall–Kier alpha value is -2.34. The molecule has 94 valence electrons. The molecule has 0 bridgehead atoms. The Morgan fingerprint density at radius 1 is 1.50 bits per heavy atom. The minimum absolute atomic E-state index is 0.185. The zero-order chi connectivity index (χ0) is 13.0. The summed E-state index contributed by atoms with van der Waals surface area (Å²) in [5.74, 6) is 0.114. The number of benzene rings is 1. The molecule has 1 aromatic heterocycles. The van der Waals surface area contributed by atoms with Gasteiger partial charge in [0.25, 0.3) is 5.91 Å². The maximum atomic E-state index is 11.9. The number of rotatable bonds is 4. The Labute approximate surface area is 104 Å². The van der Waals surface area contributed by atoms with Crippen molar-refractivity contribution in [1.29, 1.82) is 0 Å². The fourth-order valence-electron chi connectivity index (χ4n) is 1.43. The van der Waals surface area contributed by atoms with Gasteiger partial charge in [-0.1, -0.05) is 17.3 Å². The summed E-state index contributed by atoms with van der Waals surface area (Å²) in [6.07, 6.45) is 0. The fraction of sp³-hybridized carbons (Fsp3) is 0.167. The summed E-state index contributed by atoms with van der Waals surface area (Å²) in [6, 6.07) is 8.51. The number of hydrogen-bond donors (Lipinski definition) is 2. The van der Waals surface area contributed by atoms with Gasteiger partial charge in [0.2, 0.25) is 0 Å². The Kier molecular flexibility index (Phi) is 3.59. The fourth-order valence-corrected chi connectivity index (χ4v) is 1.43. The van der Waals surface area contributed by atoms with Crippen LogP contribution in [-0.4, -0.2) is 18.2 Å². The highest BCUT2D eigenvalue weighted by Crippen LogP contribution is 2.17. The standard InChI is InChI=1S/C12H13N3O3/c1-17-7-8-6-11(15-18-8)12(16)14-10-5-3-2-4-9(10)13/h2-6H,7,13H2,1H3,(H,14,16). The van der Waals surface area contributed by atoms with Crippen molar-refractivity contribution < 1.29 is 14.1 Å². The average Bonchev–Trinajstić information content (AvgIpc) is 2.81. The van der Waals surface area contributed by atoms with E-state index < -0.39 is 0 Å². The predicted molar refractivity (Wildman–Crippen MR) is 66.0 cm³/mol. The average molecular weight is 247 g/mol. The smallest absolute Gasteiger partial charge is 0.277 e. The monoisotopic (exact) mass is 247 g/mol. The van der Waals surface area contributed by atoms with E-state index in [1.165, 1.54) is 13.2 Å². The van der Waals surface area contributed by atoms with E-state index in [0.717, 1.165) is 0 Å². The van der Waals surface area contributed by atoms with Crippen molar-refractivity contribution in [3.63, 3.8) is 0 Å². The van der Waals surface area contributed by atoms with E-state index in [1.807, 2.05) is 0 Å². The first kappa shape index (κ1) is 12.1. The molecule has 2 rings (SSSR count). The second-order valence-electron chi connectivity index (χ2n) is 3.65. The lowest BCUT2D eigenvalue weighted by Crippen LogP contribution is -2.13. The SMILES string of the molecule is COCc1cc(C(=O)Nc2ccccc2N)no1. The highest BCUT2D eigenvalue weighted by Gasteiger charge is 2.13. The number of nitrogen functional groups attached to an aromatic ring is 1.